The quantitative estimate of drug-likeness (QED) is 0.852. The third-order valence-electron chi connectivity index (χ3n) is 3.88. The summed E-state index contributed by atoms with van der Waals surface area (Å²) < 4.78 is 41.2. The van der Waals surface area contributed by atoms with Gasteiger partial charge in [0.15, 0.2) is 0 Å². The molecular weight excluding hydrogens is 267 g/mol. The molecule has 3 nitrogen and oxygen atoms in total. The minimum absolute atomic E-state index is 0.107. The molecule has 1 N–H and O–H groups in total. The molecular formula is C14H22F3N3. The van der Waals surface area contributed by atoms with Gasteiger partial charge in [-0.15, -0.1) is 0 Å². The van der Waals surface area contributed by atoms with Crippen LogP contribution in [0.2, 0.25) is 0 Å². The molecule has 0 aromatic carbocycles. The third-order valence-corrected chi connectivity index (χ3v) is 3.88. The predicted molar refractivity (Wildman–Crippen MR) is 71.3 cm³/mol. The molecule has 1 aliphatic rings. The summed E-state index contributed by atoms with van der Waals surface area (Å²) in [5.74, 6) is 0. The van der Waals surface area contributed by atoms with Gasteiger partial charge in [-0.2, -0.15) is 18.3 Å². The number of nitrogens with one attached hydrogen (secondary N) is 1. The van der Waals surface area contributed by atoms with Gasteiger partial charge in [0.05, 0.1) is 12.2 Å². The highest BCUT2D eigenvalue weighted by atomic mass is 19.4. The second-order valence-electron chi connectivity index (χ2n) is 5.39. The topological polar surface area (TPSA) is 29.9 Å². The monoisotopic (exact) mass is 289 g/mol. The molecule has 0 atom stereocenters. The summed E-state index contributed by atoms with van der Waals surface area (Å²) in [4.78, 5) is 0. The molecule has 0 aliphatic heterocycles. The van der Waals surface area contributed by atoms with Crippen LogP contribution >= 0.6 is 0 Å². The lowest BCUT2D eigenvalue weighted by Crippen LogP contribution is -2.22. The average molecular weight is 289 g/mol. The van der Waals surface area contributed by atoms with Crippen LogP contribution in [0.15, 0.2) is 6.20 Å². The van der Waals surface area contributed by atoms with E-state index in [4.69, 9.17) is 0 Å². The lowest BCUT2D eigenvalue weighted by molar-refractivity contribution is -0.145. The van der Waals surface area contributed by atoms with E-state index in [1.807, 2.05) is 6.92 Å². The molecule has 0 bridgehead atoms. The van der Waals surface area contributed by atoms with Crippen LogP contribution in [0.5, 0.6) is 0 Å². The Morgan fingerprint density at radius 1 is 1.25 bits per heavy atom. The summed E-state index contributed by atoms with van der Waals surface area (Å²) in [5.41, 5.74) is -0.311. The number of hydrogen-bond donors (Lipinski definition) is 1. The Labute approximate surface area is 117 Å². The van der Waals surface area contributed by atoms with E-state index in [0.717, 1.165) is 38.5 Å². The van der Waals surface area contributed by atoms with Gasteiger partial charge in [0.25, 0.3) is 0 Å². The van der Waals surface area contributed by atoms with Crippen molar-refractivity contribution >= 4 is 0 Å². The number of alkyl halides is 3. The SMILES string of the molecule is CCNCc1cnn(C2CCCCCC2)c1C(F)(F)F. The van der Waals surface area contributed by atoms with Gasteiger partial charge >= 0.3 is 6.18 Å². The van der Waals surface area contributed by atoms with E-state index in [0.29, 0.717) is 6.54 Å². The molecule has 1 aliphatic carbocycles. The van der Waals surface area contributed by atoms with Gasteiger partial charge in [-0.3, -0.25) is 4.68 Å². The molecule has 1 fully saturated rings. The molecule has 1 saturated carbocycles. The molecule has 1 aromatic heterocycles. The highest BCUT2D eigenvalue weighted by molar-refractivity contribution is 5.21. The van der Waals surface area contributed by atoms with Crippen LogP contribution < -0.4 is 5.32 Å². The van der Waals surface area contributed by atoms with Crippen LogP contribution in [-0.4, -0.2) is 16.3 Å². The number of rotatable bonds is 4. The molecule has 114 valence electrons. The van der Waals surface area contributed by atoms with Crippen molar-refractivity contribution in [2.24, 2.45) is 0 Å². The normalized spacial score (nSPS) is 18.2. The van der Waals surface area contributed by atoms with Crippen molar-refractivity contribution < 1.29 is 13.2 Å². The van der Waals surface area contributed by atoms with Crippen molar-refractivity contribution in [3.05, 3.63) is 17.5 Å². The summed E-state index contributed by atoms with van der Waals surface area (Å²) in [6.45, 7) is 2.74. The zero-order chi connectivity index (χ0) is 14.6. The minimum atomic E-state index is -4.34. The minimum Gasteiger partial charge on any atom is -0.313 e. The van der Waals surface area contributed by atoms with E-state index in [-0.39, 0.29) is 18.2 Å². The number of halogens is 3. The van der Waals surface area contributed by atoms with E-state index in [2.05, 4.69) is 10.4 Å². The van der Waals surface area contributed by atoms with Gasteiger partial charge in [0.2, 0.25) is 0 Å². The predicted octanol–water partition coefficient (Wildman–Crippen LogP) is 3.91. The molecule has 1 heterocycles. The van der Waals surface area contributed by atoms with Gasteiger partial charge in [-0.25, -0.2) is 0 Å². The highest BCUT2D eigenvalue weighted by Crippen LogP contribution is 2.36. The summed E-state index contributed by atoms with van der Waals surface area (Å²) in [6.07, 6.45) is 2.84. The molecule has 6 heteroatoms. The zero-order valence-electron chi connectivity index (χ0n) is 11.8. The number of nitrogens with zero attached hydrogens (tertiary/aromatic N) is 2. The average Bonchev–Trinajstić information content (AvgIpc) is 2.63. The Morgan fingerprint density at radius 2 is 1.90 bits per heavy atom. The molecule has 0 radical (unpaired) electrons. The van der Waals surface area contributed by atoms with E-state index in [9.17, 15) is 13.2 Å². The molecule has 20 heavy (non-hydrogen) atoms. The maximum absolute atomic E-state index is 13.3. The first-order valence-electron chi connectivity index (χ1n) is 7.38. The lowest BCUT2D eigenvalue weighted by atomic mass is 10.1. The lowest BCUT2D eigenvalue weighted by Gasteiger charge is -2.20. The Kier molecular flexibility index (Phi) is 5.07. The first kappa shape index (κ1) is 15.4. The van der Waals surface area contributed by atoms with Crippen LogP contribution in [-0.2, 0) is 12.7 Å². The standard InChI is InChI=1S/C14H22F3N3/c1-2-18-9-11-10-19-20(13(11)14(15,16)17)12-7-5-3-4-6-8-12/h10,12,18H,2-9H2,1H3. The van der Waals surface area contributed by atoms with Crippen molar-refractivity contribution in [1.82, 2.24) is 15.1 Å². The van der Waals surface area contributed by atoms with Gasteiger partial charge in [-0.05, 0) is 19.4 Å². The summed E-state index contributed by atoms with van der Waals surface area (Å²) in [5, 5.41) is 7.01. The molecule has 0 unspecified atom stereocenters. The maximum atomic E-state index is 13.3. The zero-order valence-corrected chi connectivity index (χ0v) is 11.8. The van der Waals surface area contributed by atoms with Crippen LogP contribution in [0, 0.1) is 0 Å². The van der Waals surface area contributed by atoms with Crippen molar-refractivity contribution in [3.8, 4) is 0 Å². The second-order valence-corrected chi connectivity index (χ2v) is 5.39. The fourth-order valence-corrected chi connectivity index (χ4v) is 2.88. The van der Waals surface area contributed by atoms with Crippen molar-refractivity contribution in [1.29, 1.82) is 0 Å². The van der Waals surface area contributed by atoms with Gasteiger partial charge in [0.1, 0.15) is 5.69 Å². The fourth-order valence-electron chi connectivity index (χ4n) is 2.88. The van der Waals surface area contributed by atoms with Gasteiger partial charge in [0, 0.05) is 12.1 Å². The Hall–Kier alpha value is -1.04. The molecule has 1 aromatic rings. The highest BCUT2D eigenvalue weighted by Gasteiger charge is 2.39. The Bertz CT molecular complexity index is 418. The van der Waals surface area contributed by atoms with Crippen LogP contribution in [0.4, 0.5) is 13.2 Å². The van der Waals surface area contributed by atoms with E-state index < -0.39 is 11.9 Å². The van der Waals surface area contributed by atoms with Crippen molar-refractivity contribution in [2.45, 2.75) is 64.2 Å². The van der Waals surface area contributed by atoms with E-state index in [1.54, 1.807) is 0 Å². The first-order chi connectivity index (χ1) is 9.54. The van der Waals surface area contributed by atoms with Gasteiger partial charge < -0.3 is 5.32 Å². The van der Waals surface area contributed by atoms with Crippen LogP contribution in [0.3, 0.4) is 0 Å². The Balaban J connectivity index is 2.29. The van der Waals surface area contributed by atoms with Crippen molar-refractivity contribution in [3.63, 3.8) is 0 Å². The molecule has 0 saturated heterocycles. The third kappa shape index (κ3) is 3.53. The van der Waals surface area contributed by atoms with E-state index in [1.165, 1.54) is 10.9 Å². The van der Waals surface area contributed by atoms with Gasteiger partial charge in [-0.1, -0.05) is 32.6 Å². The second kappa shape index (κ2) is 6.61. The summed E-state index contributed by atoms with van der Waals surface area (Å²) in [7, 11) is 0. The number of hydrogen-bond acceptors (Lipinski definition) is 2. The smallest absolute Gasteiger partial charge is 0.313 e. The summed E-state index contributed by atoms with van der Waals surface area (Å²) >= 11 is 0. The van der Waals surface area contributed by atoms with Crippen molar-refractivity contribution in [2.75, 3.05) is 6.54 Å². The van der Waals surface area contributed by atoms with Crippen LogP contribution in [0.25, 0.3) is 0 Å². The fraction of sp³-hybridized carbons (Fsp3) is 0.786. The van der Waals surface area contributed by atoms with E-state index >= 15 is 0 Å². The largest absolute Gasteiger partial charge is 0.433 e. The summed E-state index contributed by atoms with van der Waals surface area (Å²) in [6, 6.07) is -0.107. The van der Waals surface area contributed by atoms with Crippen LogP contribution in [0.1, 0.15) is 62.7 Å². The number of aromatic nitrogens is 2. The molecule has 2 rings (SSSR count). The molecule has 0 spiro atoms. The Morgan fingerprint density at radius 3 is 2.45 bits per heavy atom. The molecule has 0 amide bonds. The maximum Gasteiger partial charge on any atom is 0.433 e. The first-order valence-corrected chi connectivity index (χ1v) is 7.38.